The molecule has 3 N–H and O–H groups in total. The first-order valence-electron chi connectivity index (χ1n) is 13.8. The van der Waals surface area contributed by atoms with Crippen LogP contribution < -0.4 is 16.0 Å². The topological polar surface area (TPSA) is 137 Å². The number of pyridine rings is 1. The number of primary amides is 1. The Balaban J connectivity index is 1.52. The van der Waals surface area contributed by atoms with Crippen LogP contribution >= 0.6 is 0 Å². The fourth-order valence-corrected chi connectivity index (χ4v) is 4.52. The second-order valence-corrected chi connectivity index (χ2v) is 10.4. The summed E-state index contributed by atoms with van der Waals surface area (Å²) in [5, 5.41) is 0.440. The number of ketones is 1. The minimum absolute atomic E-state index is 0.0279. The highest BCUT2D eigenvalue weighted by atomic mass is 19.1. The number of ether oxygens (including phenoxy) is 2. The van der Waals surface area contributed by atoms with Crippen molar-refractivity contribution >= 4 is 28.7 Å². The highest BCUT2D eigenvalue weighted by molar-refractivity contribution is 5.88. The molecular weight excluding hydrogens is 593 g/mol. The molecule has 4 aromatic rings. The summed E-state index contributed by atoms with van der Waals surface area (Å²) in [6, 6.07) is 10.2. The van der Waals surface area contributed by atoms with Crippen molar-refractivity contribution in [3.8, 4) is 5.75 Å². The fourth-order valence-electron chi connectivity index (χ4n) is 4.52. The van der Waals surface area contributed by atoms with E-state index in [1.165, 1.54) is 54.0 Å². The molecule has 0 spiro atoms. The number of aromatic nitrogens is 2. The highest BCUT2D eigenvalue weighted by Crippen LogP contribution is 2.29. The average molecular weight is 625 g/mol. The third-order valence-corrected chi connectivity index (χ3v) is 6.76. The number of H-pyrrole nitrogens is 1. The summed E-state index contributed by atoms with van der Waals surface area (Å²) in [7, 11) is 2.93. The number of rotatable bonds is 13. The molecule has 0 radical (unpaired) electrons. The lowest BCUT2D eigenvalue weighted by atomic mass is 10.0. The number of amides is 2. The van der Waals surface area contributed by atoms with Gasteiger partial charge in [0, 0.05) is 61.1 Å². The maximum absolute atomic E-state index is 14.4. The predicted molar refractivity (Wildman–Crippen MR) is 159 cm³/mol. The van der Waals surface area contributed by atoms with Crippen LogP contribution in [-0.4, -0.2) is 52.4 Å². The van der Waals surface area contributed by atoms with Gasteiger partial charge in [-0.2, -0.15) is 0 Å². The van der Waals surface area contributed by atoms with Gasteiger partial charge in [-0.25, -0.2) is 18.0 Å². The zero-order valence-electron chi connectivity index (χ0n) is 24.5. The number of hydrogen-bond acceptors (Lipinski definition) is 6. The summed E-state index contributed by atoms with van der Waals surface area (Å²) in [6.45, 7) is -0.249. The molecule has 236 valence electrons. The Kier molecular flexibility index (Phi) is 10.4. The summed E-state index contributed by atoms with van der Waals surface area (Å²) >= 11 is 0. The number of nitrogens with two attached hydrogens (primary N) is 1. The molecular formula is C32H31F3N4O6. The van der Waals surface area contributed by atoms with Gasteiger partial charge in [-0.3, -0.25) is 14.4 Å². The molecule has 0 bridgehead atoms. The number of nitrogens with zero attached hydrogens (tertiary/aromatic N) is 2. The number of allylic oxidation sites excluding steroid dienone is 1. The van der Waals surface area contributed by atoms with E-state index in [1.54, 1.807) is 12.1 Å². The number of aromatic amines is 1. The van der Waals surface area contributed by atoms with Crippen molar-refractivity contribution in [2.45, 2.75) is 38.5 Å². The molecule has 0 aliphatic heterocycles. The smallest absolute Gasteiger partial charge is 0.409 e. The number of carbonyl (C=O) groups is 3. The largest absolute Gasteiger partial charge is 0.486 e. The van der Waals surface area contributed by atoms with Crippen molar-refractivity contribution in [2.24, 2.45) is 5.73 Å². The molecule has 2 amide bonds. The minimum atomic E-state index is -1.17. The third kappa shape index (κ3) is 8.62. The Morgan fingerprint density at radius 3 is 2.53 bits per heavy atom. The highest BCUT2D eigenvalue weighted by Gasteiger charge is 2.24. The van der Waals surface area contributed by atoms with Gasteiger partial charge >= 0.3 is 6.09 Å². The van der Waals surface area contributed by atoms with E-state index in [9.17, 15) is 32.3 Å². The van der Waals surface area contributed by atoms with Crippen molar-refractivity contribution in [1.82, 2.24) is 14.5 Å². The summed E-state index contributed by atoms with van der Waals surface area (Å²) in [4.78, 5) is 53.9. The van der Waals surface area contributed by atoms with Gasteiger partial charge in [0.2, 0.25) is 5.91 Å². The Bertz CT molecular complexity index is 1810. The second kappa shape index (κ2) is 14.4. The van der Waals surface area contributed by atoms with Crippen LogP contribution in [0.4, 0.5) is 18.0 Å². The van der Waals surface area contributed by atoms with Gasteiger partial charge in [-0.05, 0) is 49.2 Å². The maximum Gasteiger partial charge on any atom is 0.409 e. The first-order chi connectivity index (χ1) is 21.4. The number of benzene rings is 2. The van der Waals surface area contributed by atoms with Gasteiger partial charge in [0.15, 0.2) is 11.9 Å². The van der Waals surface area contributed by atoms with Crippen molar-refractivity contribution in [3.63, 3.8) is 0 Å². The molecule has 2 aromatic heterocycles. The van der Waals surface area contributed by atoms with E-state index in [0.29, 0.717) is 16.6 Å². The molecule has 0 saturated carbocycles. The van der Waals surface area contributed by atoms with Crippen LogP contribution in [-0.2, 0) is 33.9 Å². The molecule has 2 heterocycles. The maximum atomic E-state index is 14.4. The van der Waals surface area contributed by atoms with Gasteiger partial charge < -0.3 is 29.7 Å². The molecule has 10 nitrogen and oxygen atoms in total. The van der Waals surface area contributed by atoms with Gasteiger partial charge in [0.1, 0.15) is 29.8 Å². The number of carbonyl (C=O) groups excluding carboxylic acids is 3. The number of halogens is 3. The summed E-state index contributed by atoms with van der Waals surface area (Å²) in [6.07, 6.45) is 2.21. The first-order valence-corrected chi connectivity index (χ1v) is 13.8. The molecule has 0 aliphatic carbocycles. The summed E-state index contributed by atoms with van der Waals surface area (Å²) < 4.78 is 54.1. The molecule has 4 rings (SSSR count). The van der Waals surface area contributed by atoms with Gasteiger partial charge in [0.05, 0.1) is 12.1 Å². The monoisotopic (exact) mass is 624 g/mol. The van der Waals surface area contributed by atoms with E-state index >= 15 is 0 Å². The van der Waals surface area contributed by atoms with E-state index in [4.69, 9.17) is 15.2 Å². The van der Waals surface area contributed by atoms with E-state index in [-0.39, 0.29) is 49.3 Å². The lowest BCUT2D eigenvalue weighted by Crippen LogP contribution is -2.35. The van der Waals surface area contributed by atoms with Crippen LogP contribution in [0.5, 0.6) is 5.75 Å². The lowest BCUT2D eigenvalue weighted by molar-refractivity contribution is -0.127. The van der Waals surface area contributed by atoms with Gasteiger partial charge in [0.25, 0.3) is 5.56 Å². The summed E-state index contributed by atoms with van der Waals surface area (Å²) in [5.41, 5.74) is 5.78. The number of Topliss-reactive ketones (excluding diaryl/α,β-unsaturated/α-hetero) is 1. The van der Waals surface area contributed by atoms with Crippen molar-refractivity contribution in [1.29, 1.82) is 0 Å². The van der Waals surface area contributed by atoms with E-state index in [2.05, 4.69) is 4.98 Å². The van der Waals surface area contributed by atoms with Crippen LogP contribution in [0.3, 0.4) is 0 Å². The zero-order valence-corrected chi connectivity index (χ0v) is 24.5. The lowest BCUT2D eigenvalue weighted by Gasteiger charge is -2.19. The molecule has 1 atom stereocenters. The number of hydrogen-bond donors (Lipinski definition) is 2. The minimum Gasteiger partial charge on any atom is -0.486 e. The van der Waals surface area contributed by atoms with Crippen molar-refractivity contribution in [3.05, 3.63) is 112 Å². The Hall–Kier alpha value is -5.33. The van der Waals surface area contributed by atoms with E-state index < -0.39 is 46.9 Å². The number of nitrogens with one attached hydrogen (secondary N) is 1. The molecule has 0 saturated heterocycles. The summed E-state index contributed by atoms with van der Waals surface area (Å²) in [5.74, 6) is -3.20. The molecule has 0 aliphatic rings. The van der Waals surface area contributed by atoms with Crippen LogP contribution in [0.2, 0.25) is 0 Å². The van der Waals surface area contributed by atoms with Crippen molar-refractivity contribution < 1.29 is 37.0 Å². The first kappa shape index (κ1) is 32.6. The second-order valence-electron chi connectivity index (χ2n) is 10.4. The zero-order chi connectivity index (χ0) is 32.7. The van der Waals surface area contributed by atoms with Crippen LogP contribution in [0.25, 0.3) is 10.9 Å². The predicted octanol–water partition coefficient (Wildman–Crippen LogP) is 4.37. The Morgan fingerprint density at radius 2 is 1.82 bits per heavy atom. The number of fused-ring (bicyclic) bond motifs is 1. The standard InChI is InChI=1S/C32H31F3N4O6/c1-38(2)32(43)45-27(7-3-4-8-29(36)41)26(40)14-19-6-5-11-39(31(19)42)17-24-13-21-12-23(34)16-28(30(21)37-24)44-18-20-9-10-22(33)15-25(20)35/h4-6,8-13,15-16,27,37H,3,7,14,17-18H2,1-2H3,(H2,36,41)/b8-4+/t27-/m0/s1. The quantitative estimate of drug-likeness (QED) is 0.212. The van der Waals surface area contributed by atoms with Crippen LogP contribution in [0, 0.1) is 17.5 Å². The molecule has 45 heavy (non-hydrogen) atoms. The molecule has 13 heteroatoms. The molecule has 0 unspecified atom stereocenters. The van der Waals surface area contributed by atoms with E-state index in [1.807, 2.05) is 0 Å². The SMILES string of the molecule is CN(C)C(=O)O[C@@H](CC/C=C/C(N)=O)C(=O)Cc1cccn(Cc2cc3cc(F)cc(OCc4ccc(F)cc4F)c3[nH]2)c1=O. The average Bonchev–Trinajstić information content (AvgIpc) is 3.38. The normalized spacial score (nSPS) is 11.9. The third-order valence-electron chi connectivity index (χ3n) is 6.76. The van der Waals surface area contributed by atoms with Crippen LogP contribution in [0.1, 0.15) is 29.7 Å². The van der Waals surface area contributed by atoms with Crippen molar-refractivity contribution in [2.75, 3.05) is 14.1 Å². The van der Waals surface area contributed by atoms with E-state index in [0.717, 1.165) is 24.3 Å². The van der Waals surface area contributed by atoms with Crippen LogP contribution in [0.15, 0.2) is 71.7 Å². The molecule has 0 fully saturated rings. The fraction of sp³-hybridized carbons (Fsp3) is 0.250. The Labute approximate surface area is 255 Å². The van der Waals surface area contributed by atoms with Gasteiger partial charge in [-0.1, -0.05) is 12.1 Å². The van der Waals surface area contributed by atoms with Gasteiger partial charge in [-0.15, -0.1) is 0 Å². The molecule has 2 aromatic carbocycles. The Morgan fingerprint density at radius 1 is 1.04 bits per heavy atom.